The minimum atomic E-state index is -5.29. The van der Waals surface area contributed by atoms with E-state index in [2.05, 4.69) is 5.32 Å². The molecule has 0 spiro atoms. The Labute approximate surface area is 146 Å². The molecule has 0 unspecified atom stereocenters. The van der Waals surface area contributed by atoms with Crippen LogP contribution in [0, 0.1) is 12.8 Å². The van der Waals surface area contributed by atoms with Crippen molar-refractivity contribution in [2.45, 2.75) is 24.9 Å². The number of hydrogen-bond acceptors (Lipinski definition) is 4. The number of ketones is 1. The molecule has 9 heteroatoms. The molecule has 1 aliphatic heterocycles. The zero-order valence-electron chi connectivity index (χ0n) is 13.5. The van der Waals surface area contributed by atoms with Crippen LogP contribution < -0.4 is 10.6 Å². The van der Waals surface area contributed by atoms with E-state index in [-0.39, 0.29) is 11.3 Å². The van der Waals surface area contributed by atoms with Crippen LogP contribution in [0.3, 0.4) is 0 Å². The van der Waals surface area contributed by atoms with E-state index in [1.807, 2.05) is 0 Å². The minimum Gasteiger partial charge on any atom is -0.464 e. The highest BCUT2D eigenvalue weighted by atomic mass is 19.4. The van der Waals surface area contributed by atoms with Gasteiger partial charge in [-0.25, -0.2) is 4.79 Å². The summed E-state index contributed by atoms with van der Waals surface area (Å²) >= 11 is 0. The van der Waals surface area contributed by atoms with Crippen molar-refractivity contribution in [2.24, 2.45) is 5.92 Å². The molecule has 138 valence electrons. The maximum absolute atomic E-state index is 13.6. The number of Topliss-reactive ketones (excluding diaryl/α,β-unsaturated/α-hetero) is 1. The number of aryl methyl sites for hydroxylation is 1. The molecule has 1 saturated heterocycles. The number of aliphatic hydroxyl groups is 1. The number of nitrogens with one attached hydrogen (secondary N) is 2. The first kappa shape index (κ1) is 18.0. The van der Waals surface area contributed by atoms with Crippen molar-refractivity contribution in [3.8, 4) is 0 Å². The molecule has 0 aliphatic carbocycles. The fourth-order valence-electron chi connectivity index (χ4n) is 2.98. The third kappa shape index (κ3) is 2.94. The lowest BCUT2D eigenvalue weighted by atomic mass is 9.79. The van der Waals surface area contributed by atoms with Crippen LogP contribution in [0.25, 0.3) is 0 Å². The molecule has 3 rings (SSSR count). The molecule has 2 aromatic rings. The molecule has 0 saturated carbocycles. The van der Waals surface area contributed by atoms with Crippen molar-refractivity contribution >= 4 is 11.8 Å². The zero-order valence-corrected chi connectivity index (χ0v) is 13.5. The van der Waals surface area contributed by atoms with Gasteiger partial charge < -0.3 is 20.2 Å². The first-order valence-electron chi connectivity index (χ1n) is 7.67. The molecule has 1 aromatic carbocycles. The maximum atomic E-state index is 13.6. The number of furan rings is 1. The molecule has 1 aromatic heterocycles. The first-order chi connectivity index (χ1) is 12.1. The van der Waals surface area contributed by atoms with Crippen molar-refractivity contribution in [2.75, 3.05) is 0 Å². The fraction of sp³-hybridized carbons (Fsp3) is 0.294. The number of carbonyl (C=O) groups is 2. The summed E-state index contributed by atoms with van der Waals surface area (Å²) in [7, 11) is 0. The van der Waals surface area contributed by atoms with Gasteiger partial charge in [-0.3, -0.25) is 4.79 Å². The van der Waals surface area contributed by atoms with E-state index < -0.39 is 35.7 Å². The SMILES string of the molecule is Cc1ccc([C@@H]2NC(=O)N[C@@](O)(C(F)(F)F)[C@@H]2C(=O)c2ccccc2)o1. The Morgan fingerprint density at radius 3 is 2.38 bits per heavy atom. The van der Waals surface area contributed by atoms with E-state index in [0.29, 0.717) is 5.76 Å². The number of halogens is 3. The highest BCUT2D eigenvalue weighted by molar-refractivity contribution is 6.00. The topological polar surface area (TPSA) is 91.6 Å². The Balaban J connectivity index is 2.15. The van der Waals surface area contributed by atoms with Crippen LogP contribution in [-0.4, -0.2) is 28.8 Å². The summed E-state index contributed by atoms with van der Waals surface area (Å²) in [6, 6.07) is 7.31. The standard InChI is InChI=1S/C17H15F3N2O4/c1-9-7-8-11(26-9)13-12(14(23)10-5-3-2-4-6-10)16(25,17(18,19)20)22-15(24)21-13/h2-8,12-13,25H,1H3,(H2,21,22,24)/t12-,13-,16-/m0/s1. The van der Waals surface area contributed by atoms with Crippen LogP contribution in [0.5, 0.6) is 0 Å². The van der Waals surface area contributed by atoms with Crippen LogP contribution in [0.4, 0.5) is 18.0 Å². The predicted molar refractivity (Wildman–Crippen MR) is 83.1 cm³/mol. The van der Waals surface area contributed by atoms with Crippen molar-refractivity contribution in [1.29, 1.82) is 0 Å². The lowest BCUT2D eigenvalue weighted by Crippen LogP contribution is -2.72. The molecule has 1 aliphatic rings. The van der Waals surface area contributed by atoms with E-state index in [9.17, 15) is 27.9 Å². The molecular formula is C17H15F3N2O4. The number of urea groups is 1. The van der Waals surface area contributed by atoms with Crippen molar-refractivity contribution < 1.29 is 32.3 Å². The number of rotatable bonds is 3. The van der Waals surface area contributed by atoms with Crippen LogP contribution in [-0.2, 0) is 0 Å². The summed E-state index contributed by atoms with van der Waals surface area (Å²) < 4.78 is 46.3. The van der Waals surface area contributed by atoms with Crippen molar-refractivity contribution in [3.05, 3.63) is 59.5 Å². The number of amides is 2. The van der Waals surface area contributed by atoms with E-state index >= 15 is 0 Å². The molecule has 2 amide bonds. The van der Waals surface area contributed by atoms with Gasteiger partial charge in [-0.15, -0.1) is 0 Å². The van der Waals surface area contributed by atoms with Crippen LogP contribution >= 0.6 is 0 Å². The van der Waals surface area contributed by atoms with Gasteiger partial charge in [0, 0.05) is 5.56 Å². The van der Waals surface area contributed by atoms with Gasteiger partial charge in [-0.1, -0.05) is 30.3 Å². The zero-order chi connectivity index (χ0) is 19.1. The van der Waals surface area contributed by atoms with Gasteiger partial charge in [0.2, 0.25) is 5.72 Å². The average Bonchev–Trinajstić information content (AvgIpc) is 3.00. The molecule has 1 fully saturated rings. The Morgan fingerprint density at radius 1 is 1.19 bits per heavy atom. The molecule has 3 atom stereocenters. The Morgan fingerprint density at radius 2 is 1.85 bits per heavy atom. The van der Waals surface area contributed by atoms with E-state index in [1.54, 1.807) is 13.0 Å². The van der Waals surface area contributed by atoms with E-state index in [1.165, 1.54) is 41.7 Å². The van der Waals surface area contributed by atoms with Crippen LogP contribution in [0.2, 0.25) is 0 Å². The second-order valence-corrected chi connectivity index (χ2v) is 6.00. The minimum absolute atomic E-state index is 0.0357. The highest BCUT2D eigenvalue weighted by Gasteiger charge is 2.66. The van der Waals surface area contributed by atoms with Crippen molar-refractivity contribution in [1.82, 2.24) is 10.6 Å². The van der Waals surface area contributed by atoms with Gasteiger partial charge in [0.25, 0.3) is 0 Å². The Bertz CT molecular complexity index is 834. The normalized spacial score (nSPS) is 26.1. The molecule has 0 bridgehead atoms. The van der Waals surface area contributed by atoms with Gasteiger partial charge in [-0.2, -0.15) is 13.2 Å². The lowest BCUT2D eigenvalue weighted by Gasteiger charge is -2.44. The summed E-state index contributed by atoms with van der Waals surface area (Å²) in [5, 5.41) is 14.1. The highest BCUT2D eigenvalue weighted by Crippen LogP contribution is 2.44. The predicted octanol–water partition coefficient (Wildman–Crippen LogP) is 2.69. The fourth-order valence-corrected chi connectivity index (χ4v) is 2.98. The lowest BCUT2D eigenvalue weighted by molar-refractivity contribution is -0.288. The maximum Gasteiger partial charge on any atom is 0.437 e. The summed E-state index contributed by atoms with van der Waals surface area (Å²) in [5.74, 6) is -2.76. The summed E-state index contributed by atoms with van der Waals surface area (Å²) in [6.45, 7) is 1.57. The Hall–Kier alpha value is -2.81. The molecule has 2 heterocycles. The van der Waals surface area contributed by atoms with Gasteiger partial charge in [0.05, 0.1) is 0 Å². The smallest absolute Gasteiger partial charge is 0.437 e. The molecular weight excluding hydrogens is 353 g/mol. The number of hydrogen-bond donors (Lipinski definition) is 3. The molecule has 0 radical (unpaired) electrons. The van der Waals surface area contributed by atoms with E-state index in [4.69, 9.17) is 4.42 Å². The largest absolute Gasteiger partial charge is 0.464 e. The summed E-state index contributed by atoms with van der Waals surface area (Å²) in [4.78, 5) is 24.7. The molecule has 26 heavy (non-hydrogen) atoms. The molecule has 3 N–H and O–H groups in total. The number of benzene rings is 1. The van der Waals surface area contributed by atoms with Crippen LogP contribution in [0.15, 0.2) is 46.9 Å². The Kier molecular flexibility index (Phi) is 4.27. The third-order valence-electron chi connectivity index (χ3n) is 4.21. The van der Waals surface area contributed by atoms with Gasteiger partial charge in [0.15, 0.2) is 5.78 Å². The summed E-state index contributed by atoms with van der Waals surface area (Å²) in [6.07, 6.45) is -5.29. The van der Waals surface area contributed by atoms with Gasteiger partial charge >= 0.3 is 12.2 Å². The van der Waals surface area contributed by atoms with Gasteiger partial charge in [0.1, 0.15) is 23.5 Å². The summed E-state index contributed by atoms with van der Waals surface area (Å²) in [5.41, 5.74) is -3.79. The monoisotopic (exact) mass is 368 g/mol. The van der Waals surface area contributed by atoms with E-state index in [0.717, 1.165) is 0 Å². The number of alkyl halides is 3. The number of carbonyl (C=O) groups excluding carboxylic acids is 2. The van der Waals surface area contributed by atoms with Gasteiger partial charge in [-0.05, 0) is 19.1 Å². The second kappa shape index (κ2) is 6.17. The van der Waals surface area contributed by atoms with Crippen molar-refractivity contribution in [3.63, 3.8) is 0 Å². The third-order valence-corrected chi connectivity index (χ3v) is 4.21. The van der Waals surface area contributed by atoms with Crippen LogP contribution in [0.1, 0.15) is 27.9 Å². The second-order valence-electron chi connectivity index (χ2n) is 6.00. The average molecular weight is 368 g/mol. The first-order valence-corrected chi connectivity index (χ1v) is 7.67. The quantitative estimate of drug-likeness (QED) is 0.727. The molecule has 6 nitrogen and oxygen atoms in total.